The smallest absolute Gasteiger partial charge is 0.227 e. The molecule has 4 heterocycles. The number of nitrogens with zero attached hydrogens (tertiary/aromatic N) is 4. The summed E-state index contributed by atoms with van der Waals surface area (Å²) in [4.78, 5) is 29.8. The zero-order chi connectivity index (χ0) is 19.4. The van der Waals surface area contributed by atoms with Crippen molar-refractivity contribution in [2.75, 3.05) is 18.0 Å². The summed E-state index contributed by atoms with van der Waals surface area (Å²) in [6.45, 7) is 1.68. The summed E-state index contributed by atoms with van der Waals surface area (Å²) in [5.74, 6) is 1.25. The molecule has 6 heteroatoms. The van der Waals surface area contributed by atoms with Gasteiger partial charge in [-0.05, 0) is 42.0 Å². The van der Waals surface area contributed by atoms with Crippen LogP contribution in [0.1, 0.15) is 30.4 Å². The second kappa shape index (κ2) is 6.44. The summed E-state index contributed by atoms with van der Waals surface area (Å²) in [6, 6.07) is 11.0. The number of anilines is 1. The van der Waals surface area contributed by atoms with Crippen molar-refractivity contribution in [1.29, 1.82) is 0 Å². The van der Waals surface area contributed by atoms with Crippen molar-refractivity contribution < 1.29 is 4.79 Å². The summed E-state index contributed by atoms with van der Waals surface area (Å²) in [5.41, 5.74) is 4.65. The first-order valence-electron chi connectivity index (χ1n) is 10.4. The van der Waals surface area contributed by atoms with Crippen LogP contribution >= 0.6 is 0 Å². The number of piperazine rings is 1. The number of aromatic nitrogens is 3. The molecule has 2 aromatic heterocycles. The molecular formula is C23H23N5O. The van der Waals surface area contributed by atoms with Crippen LogP contribution < -0.4 is 4.90 Å². The number of carbonyl (C=O) groups excluding carboxylic acids is 1. The van der Waals surface area contributed by atoms with E-state index in [4.69, 9.17) is 0 Å². The molecule has 0 unspecified atom stereocenters. The van der Waals surface area contributed by atoms with Crippen molar-refractivity contribution >= 4 is 28.3 Å². The minimum Gasteiger partial charge on any atom is -0.352 e. The average molecular weight is 385 g/mol. The lowest BCUT2D eigenvalue weighted by molar-refractivity contribution is -0.133. The third-order valence-electron chi connectivity index (χ3n) is 6.68. The quantitative estimate of drug-likeness (QED) is 0.752. The Balaban J connectivity index is 1.22. The Bertz CT molecular complexity index is 1120. The van der Waals surface area contributed by atoms with Crippen LogP contribution in [0.4, 0.5) is 5.82 Å². The second-order valence-electron chi connectivity index (χ2n) is 8.30. The minimum absolute atomic E-state index is 0.266. The van der Waals surface area contributed by atoms with E-state index in [9.17, 15) is 4.79 Å². The van der Waals surface area contributed by atoms with Gasteiger partial charge in [-0.1, -0.05) is 30.3 Å². The maximum absolute atomic E-state index is 13.3. The summed E-state index contributed by atoms with van der Waals surface area (Å²) in [7, 11) is 0. The summed E-state index contributed by atoms with van der Waals surface area (Å²) in [6.07, 6.45) is 9.36. The molecule has 1 N–H and O–H groups in total. The van der Waals surface area contributed by atoms with Gasteiger partial charge in [-0.25, -0.2) is 9.97 Å². The Morgan fingerprint density at radius 2 is 1.93 bits per heavy atom. The normalized spacial score (nSPS) is 22.8. The van der Waals surface area contributed by atoms with E-state index in [1.54, 1.807) is 6.33 Å². The topological polar surface area (TPSA) is 65.1 Å². The standard InChI is InChI=1S/C23H23N5O/c29-21(11-16-6-5-15-3-1-2-4-19(15)16)28-17-7-8-18(28)13-27(12-17)23-20-9-10-24-22(20)25-14-26-23/h1-4,6,9-10,14,17-18H,5,7-8,11-13H2,(H,24,25,26)/t17-,18-/m1/s1. The fourth-order valence-corrected chi connectivity index (χ4v) is 5.37. The second-order valence-corrected chi connectivity index (χ2v) is 8.30. The monoisotopic (exact) mass is 385 g/mol. The Kier molecular flexibility index (Phi) is 3.72. The molecule has 2 aliphatic heterocycles. The van der Waals surface area contributed by atoms with Gasteiger partial charge < -0.3 is 14.8 Å². The van der Waals surface area contributed by atoms with Crippen LogP contribution in [0.2, 0.25) is 0 Å². The highest BCUT2D eigenvalue weighted by molar-refractivity contribution is 5.92. The van der Waals surface area contributed by atoms with Crippen LogP contribution in [-0.2, 0) is 11.2 Å². The van der Waals surface area contributed by atoms with E-state index in [1.807, 2.05) is 12.3 Å². The molecule has 0 radical (unpaired) electrons. The van der Waals surface area contributed by atoms with Crippen LogP contribution in [0.15, 0.2) is 48.9 Å². The van der Waals surface area contributed by atoms with E-state index in [-0.39, 0.29) is 18.0 Å². The molecule has 6 rings (SSSR count). The molecule has 2 saturated heterocycles. The summed E-state index contributed by atoms with van der Waals surface area (Å²) >= 11 is 0. The number of benzene rings is 1. The number of rotatable bonds is 3. The number of H-pyrrole nitrogens is 1. The first kappa shape index (κ1) is 16.8. The van der Waals surface area contributed by atoms with Crippen molar-refractivity contribution in [2.24, 2.45) is 0 Å². The van der Waals surface area contributed by atoms with Crippen molar-refractivity contribution in [1.82, 2.24) is 19.9 Å². The minimum atomic E-state index is 0.266. The maximum Gasteiger partial charge on any atom is 0.227 e. The van der Waals surface area contributed by atoms with Crippen LogP contribution in [0.3, 0.4) is 0 Å². The van der Waals surface area contributed by atoms with Gasteiger partial charge in [0.2, 0.25) is 5.91 Å². The average Bonchev–Trinajstić information content (AvgIpc) is 3.44. The zero-order valence-electron chi connectivity index (χ0n) is 16.2. The Hall–Kier alpha value is -3.15. The fourth-order valence-electron chi connectivity index (χ4n) is 5.37. The molecule has 1 amide bonds. The van der Waals surface area contributed by atoms with Crippen molar-refractivity contribution in [3.63, 3.8) is 0 Å². The molecule has 1 aliphatic carbocycles. The number of nitrogens with one attached hydrogen (secondary N) is 1. The van der Waals surface area contributed by atoms with Crippen LogP contribution in [-0.4, -0.2) is 50.9 Å². The number of carbonyl (C=O) groups is 1. The first-order valence-corrected chi connectivity index (χ1v) is 10.4. The Morgan fingerprint density at radius 3 is 2.79 bits per heavy atom. The van der Waals surface area contributed by atoms with Crippen molar-refractivity contribution in [2.45, 2.75) is 37.8 Å². The van der Waals surface area contributed by atoms with Gasteiger partial charge in [0, 0.05) is 31.4 Å². The lowest BCUT2D eigenvalue weighted by Gasteiger charge is -2.42. The number of aromatic amines is 1. The molecular weight excluding hydrogens is 362 g/mol. The molecule has 2 atom stereocenters. The third-order valence-corrected chi connectivity index (χ3v) is 6.68. The van der Waals surface area contributed by atoms with E-state index in [2.05, 4.69) is 55.1 Å². The van der Waals surface area contributed by atoms with E-state index < -0.39 is 0 Å². The van der Waals surface area contributed by atoms with E-state index in [0.717, 1.165) is 49.2 Å². The number of allylic oxidation sites excluding steroid dienone is 1. The van der Waals surface area contributed by atoms with Crippen LogP contribution in [0.25, 0.3) is 16.6 Å². The van der Waals surface area contributed by atoms with Gasteiger partial charge in [-0.2, -0.15) is 0 Å². The Morgan fingerprint density at radius 1 is 1.10 bits per heavy atom. The first-order chi connectivity index (χ1) is 14.3. The van der Waals surface area contributed by atoms with Gasteiger partial charge in [0.25, 0.3) is 0 Å². The van der Waals surface area contributed by atoms with Gasteiger partial charge in [0.1, 0.15) is 17.8 Å². The van der Waals surface area contributed by atoms with Crippen LogP contribution in [0, 0.1) is 0 Å². The lowest BCUT2D eigenvalue weighted by atomic mass is 10.0. The molecule has 29 heavy (non-hydrogen) atoms. The number of fused-ring (bicyclic) bond motifs is 4. The molecule has 1 aromatic carbocycles. The SMILES string of the molecule is O=C(CC1=CCc2ccccc21)N1[C@@H]2CC[C@@H]1CN(c1ncnc3[nH]ccc13)C2. The molecule has 3 aromatic rings. The van der Waals surface area contributed by atoms with Gasteiger partial charge in [-0.15, -0.1) is 0 Å². The molecule has 0 spiro atoms. The number of hydrogen-bond acceptors (Lipinski definition) is 4. The van der Waals surface area contributed by atoms with E-state index in [0.29, 0.717) is 6.42 Å². The van der Waals surface area contributed by atoms with Gasteiger partial charge >= 0.3 is 0 Å². The van der Waals surface area contributed by atoms with Crippen molar-refractivity contribution in [3.8, 4) is 0 Å². The largest absolute Gasteiger partial charge is 0.352 e. The maximum atomic E-state index is 13.3. The molecule has 0 saturated carbocycles. The molecule has 3 aliphatic rings. The zero-order valence-corrected chi connectivity index (χ0v) is 16.2. The van der Waals surface area contributed by atoms with Gasteiger partial charge in [-0.3, -0.25) is 4.79 Å². The predicted molar refractivity (Wildman–Crippen MR) is 112 cm³/mol. The van der Waals surface area contributed by atoms with Crippen LogP contribution in [0.5, 0.6) is 0 Å². The third kappa shape index (κ3) is 2.66. The summed E-state index contributed by atoms with van der Waals surface area (Å²) < 4.78 is 0. The van der Waals surface area contributed by atoms with E-state index in [1.165, 1.54) is 16.7 Å². The highest BCUT2D eigenvalue weighted by Gasteiger charge is 2.43. The molecule has 2 fully saturated rings. The van der Waals surface area contributed by atoms with Gasteiger partial charge in [0.05, 0.1) is 11.8 Å². The fraction of sp³-hybridized carbons (Fsp3) is 0.348. The van der Waals surface area contributed by atoms with Crippen molar-refractivity contribution in [3.05, 3.63) is 60.1 Å². The molecule has 146 valence electrons. The molecule has 6 nitrogen and oxygen atoms in total. The Labute approximate surface area is 169 Å². The highest BCUT2D eigenvalue weighted by Crippen LogP contribution is 2.36. The van der Waals surface area contributed by atoms with E-state index >= 15 is 0 Å². The lowest BCUT2D eigenvalue weighted by Crippen LogP contribution is -2.56. The summed E-state index contributed by atoms with van der Waals surface area (Å²) in [5, 5.41) is 1.05. The number of amides is 1. The predicted octanol–water partition coefficient (Wildman–Crippen LogP) is 3.17. The highest BCUT2D eigenvalue weighted by atomic mass is 16.2. The number of hydrogen-bond donors (Lipinski definition) is 1. The van der Waals surface area contributed by atoms with Gasteiger partial charge in [0.15, 0.2) is 0 Å². The molecule has 2 bridgehead atoms.